The summed E-state index contributed by atoms with van der Waals surface area (Å²) in [5.74, 6) is -0.0359. The first kappa shape index (κ1) is 25.3. The summed E-state index contributed by atoms with van der Waals surface area (Å²) in [4.78, 5) is 22.7. The predicted molar refractivity (Wildman–Crippen MR) is 133 cm³/mol. The third kappa shape index (κ3) is 5.64. The minimum Gasteiger partial charge on any atom is -0.302 e. The van der Waals surface area contributed by atoms with Gasteiger partial charge < -0.3 is 4.90 Å². The van der Waals surface area contributed by atoms with Gasteiger partial charge in [0.1, 0.15) is 5.69 Å². The molecule has 3 rings (SSSR count). The third-order valence-corrected chi connectivity index (χ3v) is 6.47. The standard InChI is InChI=1S/C23H33N5OS.ClH/c1-7-18-10-11-19-21(15-18)30-23(24-19)27(13-12-26(8-2)9-3)22(29)20-14-17(6)25-28(20)16(4)5;/h10-11,14-16H,7-9,12-13H2,1-6H3;1H. The normalized spacial score (nSPS) is 11.4. The van der Waals surface area contributed by atoms with E-state index in [0.29, 0.717) is 12.2 Å². The monoisotopic (exact) mass is 463 g/mol. The molecule has 0 unspecified atom stereocenters. The fourth-order valence-corrected chi connectivity index (χ4v) is 4.62. The average molecular weight is 464 g/mol. The van der Waals surface area contributed by atoms with E-state index in [1.807, 2.05) is 36.4 Å². The molecule has 1 amide bonds. The molecule has 0 aliphatic carbocycles. The minimum atomic E-state index is -0.0359. The van der Waals surface area contributed by atoms with Gasteiger partial charge in [0.25, 0.3) is 5.91 Å². The molecule has 2 aromatic heterocycles. The molecule has 0 aliphatic heterocycles. The van der Waals surface area contributed by atoms with Crippen molar-refractivity contribution in [1.82, 2.24) is 19.7 Å². The number of hydrogen-bond donors (Lipinski definition) is 0. The van der Waals surface area contributed by atoms with Gasteiger partial charge in [-0.1, -0.05) is 38.2 Å². The number of carbonyl (C=O) groups is 1. The van der Waals surface area contributed by atoms with Crippen LogP contribution in [-0.2, 0) is 6.42 Å². The van der Waals surface area contributed by atoms with Crippen LogP contribution in [0.2, 0.25) is 0 Å². The largest absolute Gasteiger partial charge is 0.302 e. The number of hydrogen-bond acceptors (Lipinski definition) is 5. The maximum absolute atomic E-state index is 13.7. The molecule has 0 saturated carbocycles. The van der Waals surface area contributed by atoms with Crippen molar-refractivity contribution in [2.24, 2.45) is 0 Å². The van der Waals surface area contributed by atoms with Gasteiger partial charge in [-0.25, -0.2) is 4.98 Å². The summed E-state index contributed by atoms with van der Waals surface area (Å²) in [6.45, 7) is 15.8. The third-order valence-electron chi connectivity index (χ3n) is 5.43. The van der Waals surface area contributed by atoms with E-state index < -0.39 is 0 Å². The molecule has 0 spiro atoms. The van der Waals surface area contributed by atoms with Crippen molar-refractivity contribution in [1.29, 1.82) is 0 Å². The molecule has 0 fully saturated rings. The van der Waals surface area contributed by atoms with Crippen LogP contribution in [0, 0.1) is 6.92 Å². The van der Waals surface area contributed by atoms with Crippen LogP contribution in [0.15, 0.2) is 24.3 Å². The molecule has 170 valence electrons. The van der Waals surface area contributed by atoms with Crippen molar-refractivity contribution in [2.75, 3.05) is 31.1 Å². The van der Waals surface area contributed by atoms with Gasteiger partial charge in [0.05, 0.1) is 15.9 Å². The second-order valence-corrected chi connectivity index (χ2v) is 8.85. The molecule has 2 heterocycles. The minimum absolute atomic E-state index is 0. The highest BCUT2D eigenvalue weighted by Gasteiger charge is 2.26. The number of carbonyl (C=O) groups excluding carboxylic acids is 1. The molecule has 0 radical (unpaired) electrons. The molecule has 6 nitrogen and oxygen atoms in total. The Hall–Kier alpha value is -1.96. The Balaban J connectivity index is 0.00000341. The van der Waals surface area contributed by atoms with E-state index in [-0.39, 0.29) is 24.4 Å². The zero-order valence-electron chi connectivity index (χ0n) is 19.4. The van der Waals surface area contributed by atoms with Gasteiger partial charge >= 0.3 is 0 Å². The van der Waals surface area contributed by atoms with Gasteiger partial charge in [-0.3, -0.25) is 14.4 Å². The summed E-state index contributed by atoms with van der Waals surface area (Å²) in [6, 6.07) is 8.36. The number of likely N-dealkylation sites (N-methyl/N-ethyl adjacent to an activating group) is 1. The van der Waals surface area contributed by atoms with Crippen molar-refractivity contribution in [3.8, 4) is 0 Å². The van der Waals surface area contributed by atoms with E-state index in [2.05, 4.69) is 49.0 Å². The Morgan fingerprint density at radius 2 is 1.84 bits per heavy atom. The number of rotatable bonds is 9. The number of benzene rings is 1. The molecule has 0 atom stereocenters. The van der Waals surface area contributed by atoms with Gasteiger partial charge in [0.2, 0.25) is 0 Å². The summed E-state index contributed by atoms with van der Waals surface area (Å²) < 4.78 is 2.95. The Morgan fingerprint density at radius 3 is 2.45 bits per heavy atom. The van der Waals surface area contributed by atoms with Gasteiger partial charge in [-0.15, -0.1) is 12.4 Å². The van der Waals surface area contributed by atoms with E-state index >= 15 is 0 Å². The first-order valence-electron chi connectivity index (χ1n) is 10.9. The quantitative estimate of drug-likeness (QED) is 0.429. The first-order valence-corrected chi connectivity index (χ1v) is 11.7. The van der Waals surface area contributed by atoms with E-state index in [0.717, 1.165) is 47.1 Å². The van der Waals surface area contributed by atoms with E-state index in [1.54, 1.807) is 11.3 Å². The lowest BCUT2D eigenvalue weighted by Gasteiger charge is -2.25. The van der Waals surface area contributed by atoms with Crippen LogP contribution >= 0.6 is 23.7 Å². The summed E-state index contributed by atoms with van der Waals surface area (Å²) in [6.07, 6.45) is 0.987. The van der Waals surface area contributed by atoms with Crippen molar-refractivity contribution in [2.45, 2.75) is 54.0 Å². The topological polar surface area (TPSA) is 54.3 Å². The summed E-state index contributed by atoms with van der Waals surface area (Å²) >= 11 is 1.59. The number of aromatic nitrogens is 3. The molecule has 0 saturated heterocycles. The van der Waals surface area contributed by atoms with Crippen LogP contribution in [0.25, 0.3) is 10.2 Å². The Kier molecular flexibility index (Phi) is 9.03. The molecule has 0 N–H and O–H groups in total. The van der Waals surface area contributed by atoms with Gasteiger partial charge in [-0.05, 0) is 64.0 Å². The number of nitrogens with zero attached hydrogens (tertiary/aromatic N) is 5. The molecule has 1 aromatic carbocycles. The lowest BCUT2D eigenvalue weighted by Crippen LogP contribution is -2.39. The number of fused-ring (bicyclic) bond motifs is 1. The number of halogens is 1. The number of anilines is 1. The zero-order chi connectivity index (χ0) is 21.8. The molecule has 0 bridgehead atoms. The zero-order valence-corrected chi connectivity index (χ0v) is 21.0. The van der Waals surface area contributed by atoms with Crippen LogP contribution in [-0.4, -0.2) is 51.8 Å². The summed E-state index contributed by atoms with van der Waals surface area (Å²) in [5, 5.41) is 5.30. The van der Waals surface area contributed by atoms with Crippen molar-refractivity contribution >= 4 is 45.0 Å². The van der Waals surface area contributed by atoms with Crippen LogP contribution in [0.5, 0.6) is 0 Å². The van der Waals surface area contributed by atoms with Crippen molar-refractivity contribution in [3.63, 3.8) is 0 Å². The van der Waals surface area contributed by atoms with Gasteiger partial charge in [0, 0.05) is 19.1 Å². The highest BCUT2D eigenvalue weighted by atomic mass is 35.5. The van der Waals surface area contributed by atoms with Gasteiger partial charge in [-0.2, -0.15) is 5.10 Å². The van der Waals surface area contributed by atoms with Crippen LogP contribution in [0.3, 0.4) is 0 Å². The van der Waals surface area contributed by atoms with E-state index in [9.17, 15) is 4.79 Å². The molecule has 0 aliphatic rings. The summed E-state index contributed by atoms with van der Waals surface area (Å²) in [7, 11) is 0. The second kappa shape index (κ2) is 11.1. The Morgan fingerprint density at radius 1 is 1.13 bits per heavy atom. The van der Waals surface area contributed by atoms with Crippen LogP contribution < -0.4 is 4.90 Å². The smallest absolute Gasteiger partial charge is 0.278 e. The Labute approximate surface area is 195 Å². The SMILES string of the molecule is CCc1ccc2nc(N(CCN(CC)CC)C(=O)c3cc(C)nn3C(C)C)sc2c1.Cl. The molecular weight excluding hydrogens is 430 g/mol. The lowest BCUT2D eigenvalue weighted by molar-refractivity contribution is 0.0971. The first-order chi connectivity index (χ1) is 14.4. The predicted octanol–water partition coefficient (Wildman–Crippen LogP) is 5.35. The maximum atomic E-state index is 13.7. The molecule has 31 heavy (non-hydrogen) atoms. The van der Waals surface area contributed by atoms with Gasteiger partial charge in [0.15, 0.2) is 5.13 Å². The van der Waals surface area contributed by atoms with Crippen molar-refractivity contribution < 1.29 is 4.79 Å². The fourth-order valence-electron chi connectivity index (χ4n) is 3.57. The number of thiazole rings is 1. The van der Waals surface area contributed by atoms with Crippen LogP contribution in [0.1, 0.15) is 62.4 Å². The number of aryl methyl sites for hydroxylation is 2. The van der Waals surface area contributed by atoms with E-state index in [4.69, 9.17) is 4.98 Å². The highest BCUT2D eigenvalue weighted by Crippen LogP contribution is 2.31. The van der Waals surface area contributed by atoms with Crippen LogP contribution in [0.4, 0.5) is 5.13 Å². The highest BCUT2D eigenvalue weighted by molar-refractivity contribution is 7.22. The molecule has 3 aromatic rings. The molecule has 8 heteroatoms. The molecular formula is C23H34ClN5OS. The summed E-state index contributed by atoms with van der Waals surface area (Å²) in [5.41, 5.74) is 3.71. The lowest BCUT2D eigenvalue weighted by atomic mass is 10.2. The second-order valence-electron chi connectivity index (χ2n) is 7.85. The Bertz CT molecular complexity index is 1010. The maximum Gasteiger partial charge on any atom is 0.278 e. The average Bonchev–Trinajstić information content (AvgIpc) is 3.33. The van der Waals surface area contributed by atoms with Crippen molar-refractivity contribution in [3.05, 3.63) is 41.2 Å². The number of amides is 1. The fraction of sp³-hybridized carbons (Fsp3) is 0.522. The van der Waals surface area contributed by atoms with E-state index in [1.165, 1.54) is 5.56 Å².